The van der Waals surface area contributed by atoms with Gasteiger partial charge in [0, 0.05) is 12.1 Å². The predicted octanol–water partition coefficient (Wildman–Crippen LogP) is 3.29. The molecule has 5 heteroatoms. The van der Waals surface area contributed by atoms with Crippen molar-refractivity contribution in [2.45, 2.75) is 13.2 Å². The van der Waals surface area contributed by atoms with Crippen LogP contribution in [0.25, 0.3) is 0 Å². The highest BCUT2D eigenvalue weighted by Crippen LogP contribution is 2.20. The molecule has 5 nitrogen and oxygen atoms in total. The lowest BCUT2D eigenvalue weighted by Gasteiger charge is -2.12. The van der Waals surface area contributed by atoms with E-state index in [1.54, 1.807) is 36.4 Å². The molecule has 3 N–H and O–H groups in total. The first-order chi connectivity index (χ1) is 13.1. The lowest BCUT2D eigenvalue weighted by molar-refractivity contribution is 0.0945. The van der Waals surface area contributed by atoms with Crippen molar-refractivity contribution in [3.63, 3.8) is 0 Å². The monoisotopic (exact) mass is 360 g/mol. The summed E-state index contributed by atoms with van der Waals surface area (Å²) in [4.78, 5) is 23.8. The van der Waals surface area contributed by atoms with Crippen molar-refractivity contribution in [1.82, 2.24) is 5.32 Å². The summed E-state index contributed by atoms with van der Waals surface area (Å²) in [7, 11) is 0. The maximum atomic E-state index is 12.5. The van der Waals surface area contributed by atoms with E-state index in [1.165, 1.54) is 0 Å². The molecule has 27 heavy (non-hydrogen) atoms. The lowest BCUT2D eigenvalue weighted by Crippen LogP contribution is -2.23. The van der Waals surface area contributed by atoms with Crippen LogP contribution in [0.15, 0.2) is 78.9 Å². The predicted molar refractivity (Wildman–Crippen MR) is 103 cm³/mol. The molecule has 0 spiro atoms. The van der Waals surface area contributed by atoms with Crippen LogP contribution in [0.2, 0.25) is 0 Å². The van der Waals surface area contributed by atoms with Crippen molar-refractivity contribution < 1.29 is 14.3 Å². The Morgan fingerprint density at radius 3 is 2.33 bits per heavy atom. The molecule has 2 amide bonds. The SMILES string of the molecule is NC(=O)c1cccc(COc2ccccc2C(=O)NCc2ccccc2)c1. The Bertz CT molecular complexity index is 939. The van der Waals surface area contributed by atoms with Crippen LogP contribution in [0, 0.1) is 0 Å². The standard InChI is InChI=1S/C22H20N2O3/c23-21(25)18-10-6-9-17(13-18)15-27-20-12-5-4-11-19(20)22(26)24-14-16-7-2-1-3-8-16/h1-13H,14-15H2,(H2,23,25)(H,24,26). The van der Waals surface area contributed by atoms with E-state index in [0.29, 0.717) is 23.4 Å². The molecule has 0 saturated carbocycles. The van der Waals surface area contributed by atoms with Crippen LogP contribution in [0.3, 0.4) is 0 Å². The molecular weight excluding hydrogens is 340 g/mol. The third kappa shape index (κ3) is 4.95. The number of nitrogens with one attached hydrogen (secondary N) is 1. The van der Waals surface area contributed by atoms with Gasteiger partial charge in [0.1, 0.15) is 12.4 Å². The van der Waals surface area contributed by atoms with E-state index in [0.717, 1.165) is 11.1 Å². The smallest absolute Gasteiger partial charge is 0.255 e. The third-order valence-corrected chi connectivity index (χ3v) is 4.03. The van der Waals surface area contributed by atoms with Crippen molar-refractivity contribution >= 4 is 11.8 Å². The summed E-state index contributed by atoms with van der Waals surface area (Å²) in [6.07, 6.45) is 0. The minimum atomic E-state index is -0.488. The summed E-state index contributed by atoms with van der Waals surface area (Å²) in [6.45, 7) is 0.665. The molecule has 0 aliphatic heterocycles. The summed E-state index contributed by atoms with van der Waals surface area (Å²) in [5.74, 6) is -0.217. The highest BCUT2D eigenvalue weighted by atomic mass is 16.5. The lowest BCUT2D eigenvalue weighted by atomic mass is 10.1. The van der Waals surface area contributed by atoms with Gasteiger partial charge in [0.05, 0.1) is 5.56 Å². The number of carbonyl (C=O) groups excluding carboxylic acids is 2. The van der Waals surface area contributed by atoms with E-state index in [1.807, 2.05) is 42.5 Å². The zero-order valence-corrected chi connectivity index (χ0v) is 14.7. The van der Waals surface area contributed by atoms with E-state index in [4.69, 9.17) is 10.5 Å². The summed E-state index contributed by atoms with van der Waals surface area (Å²) in [5, 5.41) is 2.90. The molecule has 0 saturated heterocycles. The Hall–Kier alpha value is -3.60. The van der Waals surface area contributed by atoms with Crippen LogP contribution in [0.5, 0.6) is 5.75 Å². The van der Waals surface area contributed by atoms with Gasteiger partial charge in [-0.1, -0.05) is 54.6 Å². The molecule has 0 aliphatic rings. The average Bonchev–Trinajstić information content (AvgIpc) is 2.71. The van der Waals surface area contributed by atoms with E-state index in [2.05, 4.69) is 5.32 Å². The van der Waals surface area contributed by atoms with Crippen LogP contribution in [-0.4, -0.2) is 11.8 Å². The number of hydrogen-bond donors (Lipinski definition) is 2. The number of amides is 2. The van der Waals surface area contributed by atoms with Crippen LogP contribution >= 0.6 is 0 Å². The van der Waals surface area contributed by atoms with Gasteiger partial charge in [-0.2, -0.15) is 0 Å². The number of nitrogens with two attached hydrogens (primary N) is 1. The van der Waals surface area contributed by atoms with E-state index in [9.17, 15) is 9.59 Å². The number of carbonyl (C=O) groups is 2. The second-order valence-corrected chi connectivity index (χ2v) is 6.02. The van der Waals surface area contributed by atoms with Crippen molar-refractivity contribution in [1.29, 1.82) is 0 Å². The fraction of sp³-hybridized carbons (Fsp3) is 0.0909. The normalized spacial score (nSPS) is 10.2. The quantitative estimate of drug-likeness (QED) is 0.678. The summed E-state index contributed by atoms with van der Waals surface area (Å²) in [6, 6.07) is 23.7. The first kappa shape index (κ1) is 18.2. The average molecular weight is 360 g/mol. The molecule has 0 heterocycles. The van der Waals surface area contributed by atoms with Gasteiger partial charge in [-0.3, -0.25) is 9.59 Å². The van der Waals surface area contributed by atoms with Crippen LogP contribution in [0.4, 0.5) is 0 Å². The van der Waals surface area contributed by atoms with Gasteiger partial charge < -0.3 is 15.8 Å². The Labute approximate surface area is 157 Å². The molecule has 0 atom stereocenters. The largest absolute Gasteiger partial charge is 0.488 e. The van der Waals surface area contributed by atoms with Crippen molar-refractivity contribution in [2.24, 2.45) is 5.73 Å². The third-order valence-electron chi connectivity index (χ3n) is 4.03. The van der Waals surface area contributed by atoms with Crippen molar-refractivity contribution in [2.75, 3.05) is 0 Å². The molecule has 0 fully saturated rings. The second-order valence-electron chi connectivity index (χ2n) is 6.02. The maximum absolute atomic E-state index is 12.5. The molecule has 3 rings (SSSR count). The molecule has 0 unspecified atom stereocenters. The highest BCUT2D eigenvalue weighted by Gasteiger charge is 2.12. The molecule has 0 bridgehead atoms. The first-order valence-electron chi connectivity index (χ1n) is 8.56. The Kier molecular flexibility index (Phi) is 5.84. The van der Waals surface area contributed by atoms with Gasteiger partial charge in [-0.25, -0.2) is 0 Å². The fourth-order valence-electron chi connectivity index (χ4n) is 2.63. The highest BCUT2D eigenvalue weighted by molar-refractivity contribution is 5.96. The van der Waals surface area contributed by atoms with Gasteiger partial charge in [-0.05, 0) is 35.4 Å². The zero-order chi connectivity index (χ0) is 19.1. The van der Waals surface area contributed by atoms with Crippen LogP contribution < -0.4 is 15.8 Å². The van der Waals surface area contributed by atoms with Crippen LogP contribution in [-0.2, 0) is 13.2 Å². The zero-order valence-electron chi connectivity index (χ0n) is 14.7. The second kappa shape index (κ2) is 8.67. The molecule has 0 aromatic heterocycles. The number of ether oxygens (including phenoxy) is 1. The van der Waals surface area contributed by atoms with E-state index < -0.39 is 5.91 Å². The summed E-state index contributed by atoms with van der Waals surface area (Å²) >= 11 is 0. The number of benzene rings is 3. The minimum Gasteiger partial charge on any atom is -0.488 e. The molecule has 3 aromatic carbocycles. The van der Waals surface area contributed by atoms with Gasteiger partial charge in [0.25, 0.3) is 5.91 Å². The maximum Gasteiger partial charge on any atom is 0.255 e. The number of rotatable bonds is 7. The van der Waals surface area contributed by atoms with Gasteiger partial charge >= 0.3 is 0 Å². The number of para-hydroxylation sites is 1. The molecular formula is C22H20N2O3. The summed E-state index contributed by atoms with van der Waals surface area (Å²) < 4.78 is 5.82. The van der Waals surface area contributed by atoms with Crippen molar-refractivity contribution in [3.8, 4) is 5.75 Å². The number of hydrogen-bond acceptors (Lipinski definition) is 3. The summed E-state index contributed by atoms with van der Waals surface area (Å²) in [5.41, 5.74) is 8.00. The molecule has 3 aromatic rings. The molecule has 0 radical (unpaired) electrons. The van der Waals surface area contributed by atoms with Gasteiger partial charge in [-0.15, -0.1) is 0 Å². The van der Waals surface area contributed by atoms with Crippen LogP contribution in [0.1, 0.15) is 31.8 Å². The van der Waals surface area contributed by atoms with E-state index in [-0.39, 0.29) is 12.5 Å². The van der Waals surface area contributed by atoms with Gasteiger partial charge in [0.15, 0.2) is 0 Å². The Balaban J connectivity index is 1.67. The van der Waals surface area contributed by atoms with Crippen molar-refractivity contribution in [3.05, 3.63) is 101 Å². The van der Waals surface area contributed by atoms with E-state index >= 15 is 0 Å². The van der Waals surface area contributed by atoms with Gasteiger partial charge in [0.2, 0.25) is 5.91 Å². The Morgan fingerprint density at radius 1 is 0.852 bits per heavy atom. The topological polar surface area (TPSA) is 81.4 Å². The first-order valence-corrected chi connectivity index (χ1v) is 8.56. The Morgan fingerprint density at radius 2 is 1.56 bits per heavy atom. The minimum absolute atomic E-state index is 0.208. The molecule has 0 aliphatic carbocycles. The number of primary amides is 1. The molecule has 136 valence electrons. The fourth-order valence-corrected chi connectivity index (χ4v) is 2.63.